The number of hydrogen-bond donors (Lipinski definition) is 1. The number of halogens is 7. The number of carbonyl (C=O) groups is 3. The number of carbonyl (C=O) groups excluding carboxylic acids is 3. The largest absolute Gasteiger partial charge is 0.474 e. The third-order valence-electron chi connectivity index (χ3n) is 9.08. The van der Waals surface area contributed by atoms with Gasteiger partial charge in [-0.3, -0.25) is 24.7 Å². The van der Waals surface area contributed by atoms with Crippen LogP contribution in [0.1, 0.15) is 83.5 Å². The Bertz CT molecular complexity index is 1830. The number of likely N-dealkylation sites (tertiary alicyclic amines) is 1. The van der Waals surface area contributed by atoms with E-state index in [0.29, 0.717) is 34.8 Å². The second-order valence-corrected chi connectivity index (χ2v) is 13.6. The zero-order valence-electron chi connectivity index (χ0n) is 27.1. The molecule has 3 atom stereocenters. The van der Waals surface area contributed by atoms with E-state index in [1.54, 1.807) is 31.3 Å². The van der Waals surface area contributed by atoms with Crippen molar-refractivity contribution in [3.63, 3.8) is 0 Å². The van der Waals surface area contributed by atoms with Gasteiger partial charge in [0.1, 0.15) is 16.3 Å². The monoisotopic (exact) mass is 755 g/mol. The Kier molecular flexibility index (Phi) is 11.2. The number of benzene rings is 1. The van der Waals surface area contributed by atoms with Crippen molar-refractivity contribution in [3.05, 3.63) is 80.3 Å². The Morgan fingerprint density at radius 1 is 1.10 bits per heavy atom. The molecule has 51 heavy (non-hydrogen) atoms. The molecule has 0 bridgehead atoms. The summed E-state index contributed by atoms with van der Waals surface area (Å²) < 4.78 is 89.6. The highest BCUT2D eigenvalue weighted by atomic mass is 35.5. The number of piperidine rings is 1. The first kappa shape index (κ1) is 37.9. The van der Waals surface area contributed by atoms with Crippen LogP contribution in [0.15, 0.2) is 48.0 Å². The molecule has 4 heterocycles. The summed E-state index contributed by atoms with van der Waals surface area (Å²) in [5, 5.41) is 12.5. The molecule has 0 saturated carbocycles. The molecule has 3 aromatic rings. The first-order chi connectivity index (χ1) is 24.1. The predicted octanol–water partition coefficient (Wildman–Crippen LogP) is 7.56. The minimum absolute atomic E-state index is 0.0323. The van der Waals surface area contributed by atoms with Crippen LogP contribution in [0.5, 0.6) is 5.75 Å². The molecule has 9 nitrogen and oxygen atoms in total. The van der Waals surface area contributed by atoms with Gasteiger partial charge in [0, 0.05) is 48.6 Å². The van der Waals surface area contributed by atoms with Crippen molar-refractivity contribution in [3.8, 4) is 11.9 Å². The molecule has 17 heteroatoms. The van der Waals surface area contributed by atoms with E-state index in [0.717, 1.165) is 40.2 Å². The van der Waals surface area contributed by atoms with E-state index in [1.807, 2.05) is 5.32 Å². The quantitative estimate of drug-likeness (QED) is 0.137. The number of hydrogen-bond acceptors (Lipinski definition) is 7. The van der Waals surface area contributed by atoms with E-state index in [4.69, 9.17) is 21.6 Å². The molecule has 2 aliphatic rings. The standard InChI is InChI=1S/C34H32ClF6N5O4S/c1-2-5-26-32(50-22-17-27(51-18-22)34(39,40)41,12-4-14-46(26)30(48)29-24(33(36,37)38)6-3-13-43-29)31(49)45-15-11-20-16-21(35)7-8-23(20)25(45)9-10-28(47)44-19-42/h3,6-8,13,16-18,25-26H,2,4-5,9-12,14-15H2,1H3,(H,44,47)/t25-,26+,32+/m0/s1. The van der Waals surface area contributed by atoms with Crippen LogP contribution in [0.4, 0.5) is 26.3 Å². The van der Waals surface area contributed by atoms with Crippen molar-refractivity contribution in [2.75, 3.05) is 13.1 Å². The average Bonchev–Trinajstić information content (AvgIpc) is 3.56. The van der Waals surface area contributed by atoms with Gasteiger partial charge in [-0.05, 0) is 61.1 Å². The number of thiophene rings is 1. The van der Waals surface area contributed by atoms with Crippen LogP contribution < -0.4 is 10.1 Å². The summed E-state index contributed by atoms with van der Waals surface area (Å²) in [5.41, 5.74) is -2.77. The molecular formula is C34H32ClF6N5O4S. The Morgan fingerprint density at radius 3 is 2.53 bits per heavy atom. The zero-order valence-corrected chi connectivity index (χ0v) is 28.7. The van der Waals surface area contributed by atoms with Crippen molar-refractivity contribution < 1.29 is 45.5 Å². The molecule has 0 unspecified atom stereocenters. The minimum atomic E-state index is -4.93. The van der Waals surface area contributed by atoms with Crippen molar-refractivity contribution in [1.82, 2.24) is 20.1 Å². The van der Waals surface area contributed by atoms with Gasteiger partial charge >= 0.3 is 12.4 Å². The van der Waals surface area contributed by atoms with Crippen molar-refractivity contribution in [2.24, 2.45) is 0 Å². The molecule has 0 radical (unpaired) electrons. The number of ether oxygens (including phenoxy) is 1. The molecule has 1 fully saturated rings. The normalized spacial score (nSPS) is 20.7. The fourth-order valence-electron chi connectivity index (χ4n) is 6.95. The highest BCUT2D eigenvalue weighted by molar-refractivity contribution is 7.10. The van der Waals surface area contributed by atoms with Crippen molar-refractivity contribution in [1.29, 1.82) is 5.26 Å². The summed E-state index contributed by atoms with van der Waals surface area (Å²) in [4.78, 5) is 47.0. The maximum Gasteiger partial charge on any atom is 0.425 e. The molecule has 2 aliphatic heterocycles. The van der Waals surface area contributed by atoms with E-state index >= 15 is 4.79 Å². The highest BCUT2D eigenvalue weighted by Crippen LogP contribution is 2.45. The van der Waals surface area contributed by atoms with E-state index in [9.17, 15) is 35.9 Å². The van der Waals surface area contributed by atoms with Gasteiger partial charge in [0.25, 0.3) is 11.8 Å². The summed E-state index contributed by atoms with van der Waals surface area (Å²) >= 11 is 6.61. The van der Waals surface area contributed by atoms with Crippen LogP contribution in [-0.2, 0) is 28.4 Å². The van der Waals surface area contributed by atoms with E-state index < -0.39 is 63.9 Å². The van der Waals surface area contributed by atoms with Gasteiger partial charge < -0.3 is 14.5 Å². The first-order valence-electron chi connectivity index (χ1n) is 16.1. The number of nitriles is 1. The van der Waals surface area contributed by atoms with Crippen LogP contribution in [0.2, 0.25) is 5.02 Å². The topological polar surface area (TPSA) is 116 Å². The van der Waals surface area contributed by atoms with Gasteiger partial charge in [0.15, 0.2) is 6.19 Å². The fraction of sp³-hybridized carbons (Fsp3) is 0.441. The molecule has 3 amide bonds. The Balaban J connectivity index is 1.64. The van der Waals surface area contributed by atoms with Crippen LogP contribution in [-0.4, -0.2) is 57.2 Å². The molecule has 272 valence electrons. The smallest absolute Gasteiger partial charge is 0.425 e. The van der Waals surface area contributed by atoms with Crippen molar-refractivity contribution in [2.45, 2.75) is 81.9 Å². The summed E-state index contributed by atoms with van der Waals surface area (Å²) in [6.07, 6.45) is -6.56. The van der Waals surface area contributed by atoms with Crippen LogP contribution in [0, 0.1) is 11.5 Å². The number of amides is 3. The second kappa shape index (κ2) is 15.1. The van der Waals surface area contributed by atoms with Crippen LogP contribution >= 0.6 is 22.9 Å². The van der Waals surface area contributed by atoms with Gasteiger partial charge in [-0.2, -0.15) is 31.6 Å². The maximum absolute atomic E-state index is 15.2. The number of fused-ring (bicyclic) bond motifs is 1. The number of rotatable bonds is 9. The third kappa shape index (κ3) is 7.94. The average molecular weight is 756 g/mol. The number of nitrogens with zero attached hydrogens (tertiary/aromatic N) is 4. The first-order valence-corrected chi connectivity index (χ1v) is 17.3. The number of alkyl halides is 6. The zero-order chi connectivity index (χ0) is 37.1. The van der Waals surface area contributed by atoms with Crippen LogP contribution in [0.25, 0.3) is 0 Å². The lowest BCUT2D eigenvalue weighted by Gasteiger charge is -2.51. The summed E-state index contributed by atoms with van der Waals surface area (Å²) in [6, 6.07) is 5.53. The van der Waals surface area contributed by atoms with Crippen molar-refractivity contribution >= 4 is 40.7 Å². The lowest BCUT2D eigenvalue weighted by Crippen LogP contribution is -2.68. The molecule has 1 N–H and O–H groups in total. The molecule has 0 aliphatic carbocycles. The summed E-state index contributed by atoms with van der Waals surface area (Å²) in [5.74, 6) is -2.71. The lowest BCUT2D eigenvalue weighted by molar-refractivity contribution is -0.163. The van der Waals surface area contributed by atoms with E-state index in [2.05, 4.69) is 4.98 Å². The van der Waals surface area contributed by atoms with Gasteiger partial charge in [0.05, 0.1) is 17.6 Å². The Labute approximate surface area is 298 Å². The van der Waals surface area contributed by atoms with Gasteiger partial charge in [-0.25, -0.2) is 0 Å². The fourth-order valence-corrected chi connectivity index (χ4v) is 7.82. The van der Waals surface area contributed by atoms with Crippen LogP contribution in [0.3, 0.4) is 0 Å². The number of pyridine rings is 1. The van der Waals surface area contributed by atoms with E-state index in [1.165, 1.54) is 4.90 Å². The molecule has 1 aromatic carbocycles. The molecule has 5 rings (SSSR count). The minimum Gasteiger partial charge on any atom is -0.474 e. The van der Waals surface area contributed by atoms with Gasteiger partial charge in [-0.15, -0.1) is 11.3 Å². The highest BCUT2D eigenvalue weighted by Gasteiger charge is 2.57. The molecule has 2 aromatic heterocycles. The molecule has 0 spiro atoms. The molecule has 1 saturated heterocycles. The SMILES string of the molecule is CCC[C@H]1N(C(=O)c2ncccc2C(F)(F)F)CCC[C@]1(Oc1csc(C(F)(F)F)c1)C(=O)N1CCc2cc(Cl)ccc2[C@@H]1CCC(=O)NC#N. The van der Waals surface area contributed by atoms with Gasteiger partial charge in [0.2, 0.25) is 11.5 Å². The number of aromatic nitrogens is 1. The number of nitrogens with one attached hydrogen (secondary N) is 1. The predicted molar refractivity (Wildman–Crippen MR) is 173 cm³/mol. The third-order valence-corrected chi connectivity index (χ3v) is 10.3. The molecular weight excluding hydrogens is 724 g/mol. The summed E-state index contributed by atoms with van der Waals surface area (Å²) in [6.45, 7) is 1.72. The Hall–Kier alpha value is -4.36. The Morgan fingerprint density at radius 2 is 1.86 bits per heavy atom. The lowest BCUT2D eigenvalue weighted by atomic mass is 9.78. The van der Waals surface area contributed by atoms with E-state index in [-0.39, 0.29) is 50.9 Å². The summed E-state index contributed by atoms with van der Waals surface area (Å²) in [7, 11) is 0. The van der Waals surface area contributed by atoms with Gasteiger partial charge in [-0.1, -0.05) is 31.0 Å². The maximum atomic E-state index is 15.2. The second-order valence-electron chi connectivity index (χ2n) is 12.2.